The van der Waals surface area contributed by atoms with Crippen molar-refractivity contribution in [2.24, 2.45) is 0 Å². The van der Waals surface area contributed by atoms with Gasteiger partial charge in [0.15, 0.2) is 6.04 Å². The normalized spacial score (nSPS) is 21.4. The van der Waals surface area contributed by atoms with Crippen LogP contribution in [0.2, 0.25) is 0 Å². The van der Waals surface area contributed by atoms with Crippen LogP contribution in [0.4, 0.5) is 24.5 Å². The molecule has 0 spiro atoms. The molecule has 10 heteroatoms. The van der Waals surface area contributed by atoms with E-state index >= 15 is 0 Å². The fraction of sp³-hybridized carbons (Fsp3) is 0.269. The largest absolute Gasteiger partial charge is 0.493 e. The lowest BCUT2D eigenvalue weighted by Crippen LogP contribution is -2.56. The lowest BCUT2D eigenvalue weighted by atomic mass is 9.80. The van der Waals surface area contributed by atoms with E-state index in [1.165, 1.54) is 17.0 Å². The summed E-state index contributed by atoms with van der Waals surface area (Å²) in [4.78, 5) is 23.4. The monoisotopic (exact) mass is 495 g/mol. The molecule has 2 unspecified atom stereocenters. The first-order chi connectivity index (χ1) is 17.2. The molecule has 2 aromatic heterocycles. The van der Waals surface area contributed by atoms with Gasteiger partial charge in [-0.15, -0.1) is 0 Å². The van der Waals surface area contributed by atoms with Crippen LogP contribution in [0.1, 0.15) is 18.1 Å². The Balaban J connectivity index is 1.71. The number of rotatable bonds is 3. The first-order valence-corrected chi connectivity index (χ1v) is 11.4. The predicted molar refractivity (Wildman–Crippen MR) is 125 cm³/mol. The lowest BCUT2D eigenvalue weighted by Gasteiger charge is -2.43. The number of aliphatic hydroxyl groups is 1. The van der Waals surface area contributed by atoms with Crippen molar-refractivity contribution in [1.82, 2.24) is 9.97 Å². The molecule has 7 nitrogen and oxygen atoms in total. The van der Waals surface area contributed by atoms with E-state index in [0.717, 1.165) is 6.07 Å². The van der Waals surface area contributed by atoms with Gasteiger partial charge in [-0.25, -0.2) is 4.79 Å². The van der Waals surface area contributed by atoms with Crippen LogP contribution in [0.25, 0.3) is 21.8 Å². The number of halogens is 3. The number of hydrogen-bond acceptors (Lipinski definition) is 7. The lowest BCUT2D eigenvalue weighted by molar-refractivity contribution is -0.139. The van der Waals surface area contributed by atoms with Gasteiger partial charge in [0.25, 0.3) is 0 Å². The van der Waals surface area contributed by atoms with Crippen molar-refractivity contribution in [3.05, 3.63) is 66.0 Å². The highest BCUT2D eigenvalue weighted by Crippen LogP contribution is 2.50. The summed E-state index contributed by atoms with van der Waals surface area (Å²) in [6.07, 6.45) is -1.45. The quantitative estimate of drug-likeness (QED) is 0.330. The Bertz CT molecular complexity index is 1540. The molecule has 1 N–H and O–H groups in total. The summed E-state index contributed by atoms with van der Waals surface area (Å²) in [7, 11) is 0. The summed E-state index contributed by atoms with van der Waals surface area (Å²) in [5.74, 6) is -1.04. The Hall–Kier alpha value is -3.92. The van der Waals surface area contributed by atoms with Crippen LogP contribution in [0.15, 0.2) is 54.9 Å². The number of hydrogen-bond donors (Lipinski definition) is 1. The van der Waals surface area contributed by atoms with Crippen LogP contribution >= 0.6 is 0 Å². The molecule has 0 radical (unpaired) electrons. The number of pyridine rings is 2. The van der Waals surface area contributed by atoms with E-state index in [-0.39, 0.29) is 31.1 Å². The Labute approximate surface area is 203 Å². The first kappa shape index (κ1) is 22.5. The second kappa shape index (κ2) is 7.79. The Morgan fingerprint density at radius 2 is 1.86 bits per heavy atom. The van der Waals surface area contributed by atoms with Crippen molar-refractivity contribution < 1.29 is 32.5 Å². The van der Waals surface area contributed by atoms with E-state index in [2.05, 4.69) is 9.97 Å². The Morgan fingerprint density at radius 3 is 2.58 bits per heavy atom. The molecule has 6 rings (SSSR count). The van der Waals surface area contributed by atoms with Crippen LogP contribution in [0, 0.1) is 0 Å². The molecule has 2 atom stereocenters. The van der Waals surface area contributed by atoms with Gasteiger partial charge in [0.05, 0.1) is 28.9 Å². The van der Waals surface area contributed by atoms with Crippen molar-refractivity contribution in [2.45, 2.75) is 31.2 Å². The van der Waals surface area contributed by atoms with Gasteiger partial charge >= 0.3 is 12.1 Å². The van der Waals surface area contributed by atoms with E-state index in [1.807, 2.05) is 12.1 Å². The van der Waals surface area contributed by atoms with Crippen LogP contribution in [-0.4, -0.2) is 45.9 Å². The zero-order valence-corrected chi connectivity index (χ0v) is 19.0. The van der Waals surface area contributed by atoms with Crippen LogP contribution < -0.4 is 9.64 Å². The molecule has 2 aliphatic heterocycles. The first-order valence-electron chi connectivity index (χ1n) is 11.4. The fourth-order valence-corrected chi connectivity index (χ4v) is 5.31. The molecule has 0 aliphatic carbocycles. The molecule has 4 aromatic rings. The maximum absolute atomic E-state index is 14.0. The van der Waals surface area contributed by atoms with Crippen LogP contribution in [-0.2, 0) is 22.1 Å². The van der Waals surface area contributed by atoms with Gasteiger partial charge < -0.3 is 19.5 Å². The van der Waals surface area contributed by atoms with Crippen LogP contribution in [0.3, 0.4) is 0 Å². The summed E-state index contributed by atoms with van der Waals surface area (Å²) in [5, 5.41) is 13.0. The molecular formula is C26H20F3N3O4. The molecule has 0 amide bonds. The number of ether oxygens (including phenoxy) is 2. The van der Waals surface area contributed by atoms with Crippen molar-refractivity contribution in [3.8, 4) is 5.75 Å². The molecule has 2 aromatic carbocycles. The van der Waals surface area contributed by atoms with E-state index < -0.39 is 29.4 Å². The number of anilines is 2. The molecule has 1 fully saturated rings. The van der Waals surface area contributed by atoms with Gasteiger partial charge in [0.1, 0.15) is 18.0 Å². The summed E-state index contributed by atoms with van der Waals surface area (Å²) >= 11 is 0. The minimum atomic E-state index is -4.71. The second-order valence-corrected chi connectivity index (χ2v) is 8.90. The standard InChI is InChI=1S/C26H20F3N3O4/c1-2-35-19-8-7-14(11-18(19)26(27,28)29)32-22-17(12-25(34)13-36-24(33)23(25)32)15-5-3-9-30-20(15)16-6-4-10-31-21(16)22/h3-11,23,34H,2,12-13H2,1H3. The Morgan fingerprint density at radius 1 is 1.14 bits per heavy atom. The average molecular weight is 495 g/mol. The molecule has 4 heterocycles. The smallest absolute Gasteiger partial charge is 0.420 e. The number of fused-ring (bicyclic) bond motifs is 7. The second-order valence-electron chi connectivity index (χ2n) is 8.90. The number of aromatic nitrogens is 2. The van der Waals surface area contributed by atoms with Gasteiger partial charge in [-0.05, 0) is 48.9 Å². The number of esters is 1. The summed E-state index contributed by atoms with van der Waals surface area (Å²) in [6, 6.07) is 9.51. The van der Waals surface area contributed by atoms with Gasteiger partial charge in [-0.1, -0.05) is 6.07 Å². The van der Waals surface area contributed by atoms with Crippen molar-refractivity contribution in [1.29, 1.82) is 0 Å². The van der Waals surface area contributed by atoms with Crippen molar-refractivity contribution in [2.75, 3.05) is 18.1 Å². The summed E-state index contributed by atoms with van der Waals surface area (Å²) < 4.78 is 52.6. The summed E-state index contributed by atoms with van der Waals surface area (Å²) in [6.45, 7) is 1.37. The van der Waals surface area contributed by atoms with Gasteiger partial charge in [0, 0.05) is 35.3 Å². The maximum Gasteiger partial charge on any atom is 0.420 e. The molecule has 0 bridgehead atoms. The topological polar surface area (TPSA) is 84.8 Å². The molecule has 184 valence electrons. The minimum Gasteiger partial charge on any atom is -0.493 e. The van der Waals surface area contributed by atoms with E-state index in [9.17, 15) is 23.1 Å². The maximum atomic E-state index is 14.0. The number of carbonyl (C=O) groups excluding carboxylic acids is 1. The summed E-state index contributed by atoms with van der Waals surface area (Å²) in [5.41, 5.74) is -0.405. The Kier molecular flexibility index (Phi) is 4.88. The predicted octanol–water partition coefficient (Wildman–Crippen LogP) is 4.55. The number of carbonyl (C=O) groups is 1. The minimum absolute atomic E-state index is 0.0487. The molecule has 36 heavy (non-hydrogen) atoms. The fourth-order valence-electron chi connectivity index (χ4n) is 5.31. The average Bonchev–Trinajstić information content (AvgIpc) is 3.17. The molecular weight excluding hydrogens is 475 g/mol. The number of benzene rings is 2. The molecule has 1 saturated heterocycles. The molecule has 2 aliphatic rings. The third-order valence-electron chi connectivity index (χ3n) is 6.73. The van der Waals surface area contributed by atoms with Crippen LogP contribution in [0.5, 0.6) is 5.75 Å². The van der Waals surface area contributed by atoms with Gasteiger partial charge in [0.2, 0.25) is 0 Å². The highest BCUT2D eigenvalue weighted by molar-refractivity contribution is 6.14. The third-order valence-corrected chi connectivity index (χ3v) is 6.73. The van der Waals surface area contributed by atoms with E-state index in [0.29, 0.717) is 33.1 Å². The highest BCUT2D eigenvalue weighted by Gasteiger charge is 2.57. The highest BCUT2D eigenvalue weighted by atomic mass is 19.4. The van der Waals surface area contributed by atoms with Crippen molar-refractivity contribution in [3.63, 3.8) is 0 Å². The third kappa shape index (κ3) is 3.21. The van der Waals surface area contributed by atoms with Crippen molar-refractivity contribution >= 4 is 39.1 Å². The zero-order valence-electron chi connectivity index (χ0n) is 19.0. The number of alkyl halides is 3. The number of nitrogens with zero attached hydrogens (tertiary/aromatic N) is 3. The van der Waals surface area contributed by atoms with E-state index in [1.54, 1.807) is 31.5 Å². The molecule has 0 saturated carbocycles. The number of cyclic esters (lactones) is 1. The van der Waals surface area contributed by atoms with Gasteiger partial charge in [-0.3, -0.25) is 9.97 Å². The SMILES string of the molecule is CCOc1ccc(N2c3c(c4cccnc4c4cccnc34)CC3(O)COC(=O)C23)cc1C(F)(F)F. The van der Waals surface area contributed by atoms with Gasteiger partial charge in [-0.2, -0.15) is 13.2 Å². The van der Waals surface area contributed by atoms with E-state index in [4.69, 9.17) is 9.47 Å². The zero-order chi connectivity index (χ0) is 25.2.